The summed E-state index contributed by atoms with van der Waals surface area (Å²) in [6.07, 6.45) is 13.1. The van der Waals surface area contributed by atoms with Crippen LogP contribution in [0.15, 0.2) is 182 Å². The molecule has 61 heavy (non-hydrogen) atoms. The van der Waals surface area contributed by atoms with E-state index in [1.54, 1.807) is 14.2 Å². The second-order valence-electron chi connectivity index (χ2n) is 14.7. The summed E-state index contributed by atoms with van der Waals surface area (Å²) in [5.41, 5.74) is 11.1. The molecule has 0 aliphatic carbocycles. The fourth-order valence-electron chi connectivity index (χ4n) is 7.07. The summed E-state index contributed by atoms with van der Waals surface area (Å²) in [4.78, 5) is 4.50. The number of unbranched alkanes of at least 4 members (excludes halogenated alkanes) is 3. The van der Waals surface area contributed by atoms with E-state index in [4.69, 9.17) is 14.2 Å². The standard InChI is InChI=1S/C34H37NO2.C22H21NO/c1-4-5-6-13-24-37-34-25-27(2)33(36-3)26-29(34)21-18-28-19-22-32(23-20-28)35(30-14-9-7-10-15-30)31-16-11-8-12-17-31;1-3-7-18-10-12-20(13-11-18)23(19-8-5-4-6-9-19)21-14-16-22(24-2)17-15-21/h7-12,14-23,25-26H,4-6,13,24H2,1-3H3;3-17H,1-2H3/b21-18+;7-3+. The number of ether oxygens (including phenoxy) is 3. The maximum absolute atomic E-state index is 6.19. The SMILES string of the molecule is C/C=C/c1ccc(N(c2ccccc2)c2ccc(OC)cc2)cc1.CCCCCCOc1cc(C)c(OC)cc1/C=C/c1ccc(N(c2ccccc2)c2ccccc2)cc1. The Morgan fingerprint density at radius 1 is 0.459 bits per heavy atom. The van der Waals surface area contributed by atoms with Crippen molar-refractivity contribution >= 4 is 52.4 Å². The Balaban J connectivity index is 0.000000223. The number of benzene rings is 7. The quantitative estimate of drug-likeness (QED) is 0.0676. The zero-order valence-electron chi connectivity index (χ0n) is 36.2. The summed E-state index contributed by atoms with van der Waals surface area (Å²) in [6.45, 7) is 7.04. The molecule has 0 spiro atoms. The first-order chi connectivity index (χ1) is 30.0. The van der Waals surface area contributed by atoms with Gasteiger partial charge in [0, 0.05) is 39.7 Å². The summed E-state index contributed by atoms with van der Waals surface area (Å²) in [7, 11) is 3.40. The third-order valence-corrected chi connectivity index (χ3v) is 10.3. The minimum Gasteiger partial charge on any atom is -0.497 e. The highest BCUT2D eigenvalue weighted by Crippen LogP contribution is 2.37. The first-order valence-corrected chi connectivity index (χ1v) is 21.2. The highest BCUT2D eigenvalue weighted by molar-refractivity contribution is 5.80. The summed E-state index contributed by atoms with van der Waals surface area (Å²) in [5.74, 6) is 2.63. The second-order valence-corrected chi connectivity index (χ2v) is 14.7. The molecule has 0 bridgehead atoms. The van der Waals surface area contributed by atoms with Gasteiger partial charge in [-0.25, -0.2) is 0 Å². The van der Waals surface area contributed by atoms with Crippen LogP contribution in [-0.4, -0.2) is 20.8 Å². The number of methoxy groups -OCH3 is 2. The van der Waals surface area contributed by atoms with Gasteiger partial charge in [-0.2, -0.15) is 0 Å². The number of allylic oxidation sites excluding steroid dienone is 1. The first kappa shape index (κ1) is 43.6. The Morgan fingerprint density at radius 2 is 0.918 bits per heavy atom. The van der Waals surface area contributed by atoms with Crippen molar-refractivity contribution in [3.63, 3.8) is 0 Å². The van der Waals surface area contributed by atoms with Crippen LogP contribution < -0.4 is 24.0 Å². The average Bonchev–Trinajstić information content (AvgIpc) is 3.31. The third-order valence-electron chi connectivity index (χ3n) is 10.3. The lowest BCUT2D eigenvalue weighted by molar-refractivity contribution is 0.303. The van der Waals surface area contributed by atoms with Gasteiger partial charge in [-0.15, -0.1) is 0 Å². The lowest BCUT2D eigenvalue weighted by atomic mass is 10.1. The number of hydrogen-bond acceptors (Lipinski definition) is 5. The Bertz CT molecular complexity index is 2350. The molecular formula is C56H58N2O3. The van der Waals surface area contributed by atoms with E-state index in [0.29, 0.717) is 0 Å². The fourth-order valence-corrected chi connectivity index (χ4v) is 7.07. The Morgan fingerprint density at radius 3 is 1.36 bits per heavy atom. The molecule has 0 saturated heterocycles. The average molecular weight is 807 g/mol. The molecule has 0 aliphatic rings. The predicted molar refractivity (Wildman–Crippen MR) is 260 cm³/mol. The minimum atomic E-state index is 0.732. The highest BCUT2D eigenvalue weighted by atomic mass is 16.5. The summed E-state index contributed by atoms with van der Waals surface area (Å²) in [6, 6.07) is 60.8. The second kappa shape index (κ2) is 23.0. The number of anilines is 6. The molecule has 0 aliphatic heterocycles. The molecule has 7 aromatic rings. The van der Waals surface area contributed by atoms with Crippen molar-refractivity contribution in [3.8, 4) is 17.2 Å². The Labute approximate surface area is 363 Å². The molecule has 0 atom stereocenters. The van der Waals surface area contributed by atoms with Crippen LogP contribution in [0.3, 0.4) is 0 Å². The number of aryl methyl sites for hydroxylation is 1. The van der Waals surface area contributed by atoms with Crippen LogP contribution >= 0.6 is 0 Å². The summed E-state index contributed by atoms with van der Waals surface area (Å²) >= 11 is 0. The van der Waals surface area contributed by atoms with E-state index in [1.807, 2.05) is 43.3 Å². The monoisotopic (exact) mass is 806 g/mol. The van der Waals surface area contributed by atoms with Gasteiger partial charge in [0.1, 0.15) is 17.2 Å². The zero-order valence-corrected chi connectivity index (χ0v) is 36.2. The number of hydrogen-bond donors (Lipinski definition) is 0. The number of nitrogens with zero attached hydrogens (tertiary/aromatic N) is 2. The molecule has 0 aromatic heterocycles. The highest BCUT2D eigenvalue weighted by Gasteiger charge is 2.14. The van der Waals surface area contributed by atoms with Crippen LogP contribution in [0, 0.1) is 6.92 Å². The largest absolute Gasteiger partial charge is 0.497 e. The third kappa shape index (κ3) is 12.3. The van der Waals surface area contributed by atoms with E-state index < -0.39 is 0 Å². The molecule has 0 saturated carbocycles. The van der Waals surface area contributed by atoms with Gasteiger partial charge < -0.3 is 24.0 Å². The molecule has 0 unspecified atom stereocenters. The van der Waals surface area contributed by atoms with Gasteiger partial charge in [-0.05, 0) is 134 Å². The first-order valence-electron chi connectivity index (χ1n) is 21.2. The molecule has 0 fully saturated rings. The summed E-state index contributed by atoms with van der Waals surface area (Å²) in [5, 5.41) is 0. The van der Waals surface area contributed by atoms with Gasteiger partial charge in [0.25, 0.3) is 0 Å². The molecule has 0 amide bonds. The van der Waals surface area contributed by atoms with Crippen molar-refractivity contribution in [2.24, 2.45) is 0 Å². The van der Waals surface area contributed by atoms with E-state index in [9.17, 15) is 0 Å². The van der Waals surface area contributed by atoms with Gasteiger partial charge in [-0.3, -0.25) is 0 Å². The van der Waals surface area contributed by atoms with Crippen LogP contribution in [0.5, 0.6) is 17.2 Å². The van der Waals surface area contributed by atoms with Gasteiger partial charge in [0.2, 0.25) is 0 Å². The maximum atomic E-state index is 6.19. The van der Waals surface area contributed by atoms with Crippen molar-refractivity contribution in [2.45, 2.75) is 46.5 Å². The molecule has 7 aromatic carbocycles. The number of rotatable bonds is 17. The van der Waals surface area contributed by atoms with E-state index in [-0.39, 0.29) is 0 Å². The Hall–Kier alpha value is -6.98. The maximum Gasteiger partial charge on any atom is 0.127 e. The van der Waals surface area contributed by atoms with Crippen LogP contribution in [0.25, 0.3) is 18.2 Å². The summed E-state index contributed by atoms with van der Waals surface area (Å²) < 4.78 is 17.0. The van der Waals surface area contributed by atoms with Crippen LogP contribution in [-0.2, 0) is 0 Å². The molecule has 5 heteroatoms. The molecule has 7 rings (SSSR count). The van der Waals surface area contributed by atoms with Gasteiger partial charge in [0.15, 0.2) is 0 Å². The van der Waals surface area contributed by atoms with Gasteiger partial charge >= 0.3 is 0 Å². The van der Waals surface area contributed by atoms with E-state index in [2.05, 4.69) is 187 Å². The smallest absolute Gasteiger partial charge is 0.127 e. The van der Waals surface area contributed by atoms with Crippen molar-refractivity contribution in [1.82, 2.24) is 0 Å². The van der Waals surface area contributed by atoms with E-state index in [0.717, 1.165) is 81.1 Å². The molecule has 310 valence electrons. The fraction of sp³-hybridized carbons (Fsp3) is 0.179. The Kier molecular flexibility index (Phi) is 16.4. The zero-order chi connectivity index (χ0) is 42.7. The van der Waals surface area contributed by atoms with Crippen LogP contribution in [0.4, 0.5) is 34.1 Å². The van der Waals surface area contributed by atoms with E-state index in [1.165, 1.54) is 24.8 Å². The molecule has 0 radical (unpaired) electrons. The predicted octanol–water partition coefficient (Wildman–Crippen LogP) is 15.8. The van der Waals surface area contributed by atoms with Crippen molar-refractivity contribution in [3.05, 3.63) is 204 Å². The van der Waals surface area contributed by atoms with Gasteiger partial charge in [-0.1, -0.05) is 129 Å². The lowest BCUT2D eigenvalue weighted by Gasteiger charge is -2.25. The normalized spacial score (nSPS) is 10.9. The minimum absolute atomic E-state index is 0.732. The molecular weight excluding hydrogens is 749 g/mol. The van der Waals surface area contributed by atoms with E-state index >= 15 is 0 Å². The molecule has 0 heterocycles. The lowest BCUT2D eigenvalue weighted by Crippen LogP contribution is -2.09. The van der Waals surface area contributed by atoms with Crippen molar-refractivity contribution in [2.75, 3.05) is 30.6 Å². The van der Waals surface area contributed by atoms with Crippen molar-refractivity contribution < 1.29 is 14.2 Å². The molecule has 0 N–H and O–H groups in total. The van der Waals surface area contributed by atoms with Gasteiger partial charge in [0.05, 0.1) is 20.8 Å². The molecule has 5 nitrogen and oxygen atoms in total. The van der Waals surface area contributed by atoms with Crippen LogP contribution in [0.2, 0.25) is 0 Å². The number of para-hydroxylation sites is 3. The van der Waals surface area contributed by atoms with Crippen molar-refractivity contribution in [1.29, 1.82) is 0 Å². The topological polar surface area (TPSA) is 34.2 Å². The van der Waals surface area contributed by atoms with Crippen LogP contribution in [0.1, 0.15) is 61.8 Å².